The van der Waals surface area contributed by atoms with E-state index in [9.17, 15) is 0 Å². The first-order chi connectivity index (χ1) is 8.58. The van der Waals surface area contributed by atoms with Gasteiger partial charge in [0.1, 0.15) is 5.75 Å². The molecule has 0 bridgehead atoms. The Hall–Kier alpha value is -1.06. The Labute approximate surface area is 111 Å². The number of benzene rings is 1. The maximum absolute atomic E-state index is 5.78. The standard InChI is InChI=1S/C15H26N2O/c1-11(2)14(9-16)10-17-12(3)13-5-7-15(18-4)8-6-13/h5-8,11-12,14,17H,9-10,16H2,1-4H3/t12-,14?/m0/s1. The van der Waals surface area contributed by atoms with E-state index >= 15 is 0 Å². The molecule has 0 aliphatic rings. The minimum absolute atomic E-state index is 0.337. The smallest absolute Gasteiger partial charge is 0.118 e. The molecular weight excluding hydrogens is 224 g/mol. The van der Waals surface area contributed by atoms with Crippen LogP contribution in [0.1, 0.15) is 32.4 Å². The number of nitrogens with two attached hydrogens (primary N) is 1. The third-order valence-corrected chi connectivity index (χ3v) is 3.55. The normalized spacial score (nSPS) is 14.6. The highest BCUT2D eigenvalue weighted by Crippen LogP contribution is 2.18. The first-order valence-electron chi connectivity index (χ1n) is 6.65. The zero-order valence-electron chi connectivity index (χ0n) is 11.9. The van der Waals surface area contributed by atoms with Crippen molar-refractivity contribution in [2.24, 2.45) is 17.6 Å². The van der Waals surface area contributed by atoms with Crippen LogP contribution in [0.5, 0.6) is 5.75 Å². The van der Waals surface area contributed by atoms with Crippen molar-refractivity contribution in [1.82, 2.24) is 5.32 Å². The minimum Gasteiger partial charge on any atom is -0.497 e. The van der Waals surface area contributed by atoms with Crippen LogP contribution in [0.25, 0.3) is 0 Å². The molecule has 18 heavy (non-hydrogen) atoms. The molecule has 3 heteroatoms. The highest BCUT2D eigenvalue weighted by atomic mass is 16.5. The van der Waals surface area contributed by atoms with Crippen molar-refractivity contribution in [2.45, 2.75) is 26.8 Å². The average Bonchev–Trinajstić information content (AvgIpc) is 2.39. The van der Waals surface area contributed by atoms with Crippen LogP contribution >= 0.6 is 0 Å². The van der Waals surface area contributed by atoms with Crippen LogP contribution in [0.4, 0.5) is 0 Å². The molecule has 0 amide bonds. The summed E-state index contributed by atoms with van der Waals surface area (Å²) < 4.78 is 5.16. The fraction of sp³-hybridized carbons (Fsp3) is 0.600. The number of nitrogens with one attached hydrogen (secondary N) is 1. The second-order valence-electron chi connectivity index (χ2n) is 5.14. The first kappa shape index (κ1) is 15.0. The van der Waals surface area contributed by atoms with Gasteiger partial charge < -0.3 is 15.8 Å². The van der Waals surface area contributed by atoms with Crippen LogP contribution in [0.2, 0.25) is 0 Å². The topological polar surface area (TPSA) is 47.3 Å². The summed E-state index contributed by atoms with van der Waals surface area (Å²) in [6.45, 7) is 8.31. The quantitative estimate of drug-likeness (QED) is 0.782. The molecule has 0 fully saturated rings. The van der Waals surface area contributed by atoms with E-state index in [0.717, 1.165) is 18.8 Å². The monoisotopic (exact) mass is 250 g/mol. The summed E-state index contributed by atoms with van der Waals surface area (Å²) >= 11 is 0. The maximum atomic E-state index is 5.78. The van der Waals surface area contributed by atoms with E-state index in [1.54, 1.807) is 7.11 Å². The number of hydrogen-bond acceptors (Lipinski definition) is 3. The Morgan fingerprint density at radius 3 is 2.22 bits per heavy atom. The molecule has 1 aromatic carbocycles. The lowest BCUT2D eigenvalue weighted by Gasteiger charge is -2.22. The molecule has 1 unspecified atom stereocenters. The van der Waals surface area contributed by atoms with Gasteiger partial charge in [-0.25, -0.2) is 0 Å². The van der Waals surface area contributed by atoms with Gasteiger partial charge in [0.25, 0.3) is 0 Å². The Morgan fingerprint density at radius 2 is 1.78 bits per heavy atom. The van der Waals surface area contributed by atoms with E-state index in [4.69, 9.17) is 10.5 Å². The predicted molar refractivity (Wildman–Crippen MR) is 76.8 cm³/mol. The third-order valence-electron chi connectivity index (χ3n) is 3.55. The molecule has 0 aliphatic carbocycles. The minimum atomic E-state index is 0.337. The third kappa shape index (κ3) is 4.31. The number of rotatable bonds is 7. The highest BCUT2D eigenvalue weighted by Gasteiger charge is 2.13. The summed E-state index contributed by atoms with van der Waals surface area (Å²) in [4.78, 5) is 0. The van der Waals surface area contributed by atoms with Crippen LogP contribution in [0.15, 0.2) is 24.3 Å². The summed E-state index contributed by atoms with van der Waals surface area (Å²) in [5.74, 6) is 2.05. The molecule has 0 saturated carbocycles. The van der Waals surface area contributed by atoms with Crippen LogP contribution < -0.4 is 15.8 Å². The van der Waals surface area contributed by atoms with Gasteiger partial charge >= 0.3 is 0 Å². The Bertz CT molecular complexity index is 335. The van der Waals surface area contributed by atoms with Crippen molar-refractivity contribution < 1.29 is 4.74 Å². The van der Waals surface area contributed by atoms with Gasteiger partial charge in [-0.2, -0.15) is 0 Å². The lowest BCUT2D eigenvalue weighted by atomic mass is 9.95. The van der Waals surface area contributed by atoms with E-state index < -0.39 is 0 Å². The van der Waals surface area contributed by atoms with Crippen LogP contribution in [-0.4, -0.2) is 20.2 Å². The summed E-state index contributed by atoms with van der Waals surface area (Å²) in [6.07, 6.45) is 0. The fourth-order valence-corrected chi connectivity index (χ4v) is 1.93. The van der Waals surface area contributed by atoms with E-state index in [1.807, 2.05) is 12.1 Å². The van der Waals surface area contributed by atoms with Crippen molar-refractivity contribution in [3.8, 4) is 5.75 Å². The zero-order chi connectivity index (χ0) is 13.5. The molecule has 1 aromatic rings. The largest absolute Gasteiger partial charge is 0.497 e. The van der Waals surface area contributed by atoms with Gasteiger partial charge in [-0.15, -0.1) is 0 Å². The fourth-order valence-electron chi connectivity index (χ4n) is 1.93. The Balaban J connectivity index is 2.51. The summed E-state index contributed by atoms with van der Waals surface area (Å²) in [7, 11) is 1.69. The van der Waals surface area contributed by atoms with Crippen molar-refractivity contribution in [1.29, 1.82) is 0 Å². The number of ether oxygens (including phenoxy) is 1. The molecule has 0 aromatic heterocycles. The lowest BCUT2D eigenvalue weighted by molar-refractivity contribution is 0.356. The van der Waals surface area contributed by atoms with Gasteiger partial charge in [0.15, 0.2) is 0 Å². The maximum Gasteiger partial charge on any atom is 0.118 e. The molecule has 3 nitrogen and oxygen atoms in total. The van der Waals surface area contributed by atoms with Crippen LogP contribution in [-0.2, 0) is 0 Å². The van der Waals surface area contributed by atoms with Crippen molar-refractivity contribution in [2.75, 3.05) is 20.2 Å². The lowest BCUT2D eigenvalue weighted by Crippen LogP contribution is -2.33. The molecule has 2 atom stereocenters. The summed E-state index contributed by atoms with van der Waals surface area (Å²) in [5, 5.41) is 3.55. The van der Waals surface area contributed by atoms with E-state index in [0.29, 0.717) is 17.9 Å². The van der Waals surface area contributed by atoms with E-state index in [1.165, 1.54) is 5.56 Å². The number of hydrogen-bond donors (Lipinski definition) is 2. The average molecular weight is 250 g/mol. The van der Waals surface area contributed by atoms with Gasteiger partial charge in [-0.1, -0.05) is 26.0 Å². The van der Waals surface area contributed by atoms with E-state index in [2.05, 4.69) is 38.2 Å². The van der Waals surface area contributed by atoms with Crippen LogP contribution in [0.3, 0.4) is 0 Å². The molecular formula is C15H26N2O. The molecule has 0 radical (unpaired) electrons. The van der Waals surface area contributed by atoms with Gasteiger partial charge in [-0.3, -0.25) is 0 Å². The highest BCUT2D eigenvalue weighted by molar-refractivity contribution is 5.28. The van der Waals surface area contributed by atoms with Crippen LogP contribution in [0, 0.1) is 11.8 Å². The van der Waals surface area contributed by atoms with Crippen molar-refractivity contribution >= 4 is 0 Å². The van der Waals surface area contributed by atoms with Gasteiger partial charge in [0.2, 0.25) is 0 Å². The second-order valence-corrected chi connectivity index (χ2v) is 5.14. The molecule has 0 aliphatic heterocycles. The van der Waals surface area contributed by atoms with E-state index in [-0.39, 0.29) is 0 Å². The van der Waals surface area contributed by atoms with Gasteiger partial charge in [-0.05, 0) is 49.5 Å². The summed E-state index contributed by atoms with van der Waals surface area (Å²) in [5.41, 5.74) is 7.05. The molecule has 0 spiro atoms. The number of methoxy groups -OCH3 is 1. The molecule has 0 saturated heterocycles. The zero-order valence-corrected chi connectivity index (χ0v) is 11.9. The van der Waals surface area contributed by atoms with Gasteiger partial charge in [0.05, 0.1) is 7.11 Å². The van der Waals surface area contributed by atoms with Crippen molar-refractivity contribution in [3.05, 3.63) is 29.8 Å². The molecule has 1 rings (SSSR count). The molecule has 0 heterocycles. The molecule has 3 N–H and O–H groups in total. The molecule has 102 valence electrons. The summed E-state index contributed by atoms with van der Waals surface area (Å²) in [6, 6.07) is 8.53. The predicted octanol–water partition coefficient (Wildman–Crippen LogP) is 2.58. The van der Waals surface area contributed by atoms with Gasteiger partial charge in [0, 0.05) is 6.04 Å². The SMILES string of the molecule is COc1ccc([C@H](C)NCC(CN)C(C)C)cc1. The Morgan fingerprint density at radius 1 is 1.17 bits per heavy atom. The Kier molecular flexibility index (Phi) is 6.16. The van der Waals surface area contributed by atoms with Crippen molar-refractivity contribution in [3.63, 3.8) is 0 Å². The second kappa shape index (κ2) is 7.39. The first-order valence-corrected chi connectivity index (χ1v) is 6.65.